The maximum atomic E-state index is 13.6. The van der Waals surface area contributed by atoms with Gasteiger partial charge in [-0.2, -0.15) is 5.10 Å². The van der Waals surface area contributed by atoms with Crippen molar-refractivity contribution in [2.24, 2.45) is 7.05 Å². The number of benzene rings is 3. The lowest BCUT2D eigenvalue weighted by Crippen LogP contribution is -2.19. The Labute approximate surface area is 247 Å². The summed E-state index contributed by atoms with van der Waals surface area (Å²) in [6.45, 7) is 3.56. The molecule has 3 aromatic carbocycles. The Morgan fingerprint density at radius 3 is 2.49 bits per heavy atom. The number of hydrogen-bond donors (Lipinski definition) is 1. The van der Waals surface area contributed by atoms with Crippen LogP contribution in [0.5, 0.6) is 5.75 Å². The summed E-state index contributed by atoms with van der Waals surface area (Å²) in [7, 11) is -1.05. The van der Waals surface area contributed by atoms with Gasteiger partial charge < -0.3 is 19.0 Å². The quantitative estimate of drug-likeness (QED) is 0.178. The normalized spacial score (nSPS) is 15.9. The molecule has 2 atom stereocenters. The second kappa shape index (κ2) is 11.0. The Hall–Kier alpha value is -3.88. The lowest BCUT2D eigenvalue weighted by molar-refractivity contribution is -0.274. The van der Waals surface area contributed by atoms with Crippen molar-refractivity contribution in [2.75, 3.05) is 12.8 Å². The number of aliphatic hydroxyl groups is 1. The third kappa shape index (κ3) is 5.86. The fraction of sp³-hybridized carbons (Fsp3) is 0.312. The molecular weight excluding hydrogens is 576 g/mol. The molecule has 0 bridgehead atoms. The zero-order chi connectivity index (χ0) is 30.5. The summed E-state index contributed by atoms with van der Waals surface area (Å²) in [5.74, 6) is 0.117. The largest absolute Gasteiger partial charge is 0.573 e. The highest BCUT2D eigenvalue weighted by molar-refractivity contribution is 7.70. The van der Waals surface area contributed by atoms with Crippen LogP contribution in [0.1, 0.15) is 43.0 Å². The molecule has 1 unspecified atom stereocenters. The predicted molar refractivity (Wildman–Crippen MR) is 161 cm³/mol. The number of hydrogen-bond acceptors (Lipinski definition) is 5. The van der Waals surface area contributed by atoms with E-state index in [1.165, 1.54) is 12.1 Å². The zero-order valence-electron chi connectivity index (χ0n) is 24.0. The Morgan fingerprint density at radius 1 is 1.07 bits per heavy atom. The zero-order valence-corrected chi connectivity index (χ0v) is 24.9. The summed E-state index contributed by atoms with van der Waals surface area (Å²) in [5, 5.41) is 16.6. The number of alkyl halides is 3. The summed E-state index contributed by atoms with van der Waals surface area (Å²) >= 11 is 0. The first kappa shape index (κ1) is 29.2. The first-order chi connectivity index (χ1) is 20.4. The Bertz CT molecular complexity index is 1840. The molecule has 0 aliphatic heterocycles. The van der Waals surface area contributed by atoms with Crippen molar-refractivity contribution in [3.63, 3.8) is 0 Å². The van der Waals surface area contributed by atoms with Crippen LogP contribution >= 0.6 is 7.14 Å². The molecule has 43 heavy (non-hydrogen) atoms. The van der Waals surface area contributed by atoms with Gasteiger partial charge in [-0.3, -0.25) is 4.68 Å². The fourth-order valence-electron chi connectivity index (χ4n) is 5.51. The third-order valence-electron chi connectivity index (χ3n) is 8.08. The van der Waals surface area contributed by atoms with Gasteiger partial charge in [-0.05, 0) is 43.3 Å². The minimum atomic E-state index is -4.94. The van der Waals surface area contributed by atoms with Gasteiger partial charge in [0.1, 0.15) is 18.7 Å². The molecule has 224 valence electrons. The Kier molecular flexibility index (Phi) is 7.47. The van der Waals surface area contributed by atoms with Crippen LogP contribution < -0.4 is 10.0 Å². The monoisotopic (exact) mass is 608 g/mol. The maximum Gasteiger partial charge on any atom is 0.573 e. The molecule has 7 nitrogen and oxygen atoms in total. The van der Waals surface area contributed by atoms with Gasteiger partial charge in [-0.15, -0.1) is 13.2 Å². The van der Waals surface area contributed by atoms with Crippen molar-refractivity contribution in [3.05, 3.63) is 84.2 Å². The molecule has 1 fully saturated rings. The van der Waals surface area contributed by atoms with E-state index in [0.29, 0.717) is 23.0 Å². The van der Waals surface area contributed by atoms with E-state index in [0.717, 1.165) is 40.6 Å². The molecular formula is C32H32F3N4O3P. The maximum absolute atomic E-state index is 13.6. The average Bonchev–Trinajstić information content (AvgIpc) is 3.63. The van der Waals surface area contributed by atoms with Gasteiger partial charge in [0.05, 0.1) is 29.4 Å². The van der Waals surface area contributed by atoms with Crippen LogP contribution in [0.3, 0.4) is 0 Å². The number of halogens is 3. The number of rotatable bonds is 9. The minimum Gasteiger partial charge on any atom is -0.405 e. The van der Waals surface area contributed by atoms with E-state index in [4.69, 9.17) is 4.98 Å². The summed E-state index contributed by atoms with van der Waals surface area (Å²) in [6, 6.07) is 19.4. The second-order valence-corrected chi connectivity index (χ2v) is 14.5. The molecule has 0 amide bonds. The standard InChI is InChI=1S/C32H32F3N4O3P/c1-4-43(3,41)22-15-16-24(28(17-22)42-32(33,34)35)31-36-29(30(38(31)2)21-13-14-21)23-11-8-12-26-25(23)18-39(37-26)19-27(40)20-9-6-5-7-10-20/h5-12,15-18,21,27,40H,4,13-14,19H2,1-3H3/t27-,43?/m0/s1. The second-order valence-electron chi connectivity index (χ2n) is 11.2. The molecule has 0 saturated heterocycles. The molecule has 0 radical (unpaired) electrons. The van der Waals surface area contributed by atoms with Crippen LogP contribution in [0, 0.1) is 0 Å². The van der Waals surface area contributed by atoms with E-state index < -0.39 is 25.4 Å². The van der Waals surface area contributed by atoms with Gasteiger partial charge in [0, 0.05) is 47.3 Å². The summed E-state index contributed by atoms with van der Waals surface area (Å²) < 4.78 is 61.8. The Balaban J connectivity index is 1.46. The van der Waals surface area contributed by atoms with Crippen molar-refractivity contribution in [1.82, 2.24) is 19.3 Å². The topological polar surface area (TPSA) is 82.2 Å². The van der Waals surface area contributed by atoms with Crippen LogP contribution in [0.4, 0.5) is 13.2 Å². The van der Waals surface area contributed by atoms with Crippen molar-refractivity contribution >= 4 is 23.3 Å². The molecule has 2 aromatic heterocycles. The molecule has 1 N–H and O–H groups in total. The van der Waals surface area contributed by atoms with Crippen LogP contribution in [0.2, 0.25) is 0 Å². The van der Waals surface area contributed by atoms with Crippen LogP contribution in [0.15, 0.2) is 72.9 Å². The van der Waals surface area contributed by atoms with Crippen LogP contribution in [0.25, 0.3) is 33.5 Å². The highest BCUT2D eigenvalue weighted by Crippen LogP contribution is 2.48. The summed E-state index contributed by atoms with van der Waals surface area (Å²) in [5.41, 5.74) is 4.08. The SMILES string of the molecule is CCP(C)(=O)c1ccc(-c2nc(-c3cccc4nn(C[C@H](O)c5ccccc5)cc34)c(C3CC3)n2C)c(OC(F)(F)F)c1. The van der Waals surface area contributed by atoms with Crippen LogP contribution in [-0.2, 0) is 18.2 Å². The van der Waals surface area contributed by atoms with Crippen molar-refractivity contribution in [3.8, 4) is 28.4 Å². The first-order valence-electron chi connectivity index (χ1n) is 14.2. The van der Waals surface area contributed by atoms with E-state index in [1.807, 2.05) is 59.3 Å². The van der Waals surface area contributed by atoms with Gasteiger partial charge in [0.25, 0.3) is 0 Å². The van der Waals surface area contributed by atoms with Gasteiger partial charge in [0.2, 0.25) is 0 Å². The molecule has 5 aromatic rings. The highest BCUT2D eigenvalue weighted by Gasteiger charge is 2.36. The van der Waals surface area contributed by atoms with Crippen molar-refractivity contribution in [1.29, 1.82) is 0 Å². The van der Waals surface area contributed by atoms with E-state index in [1.54, 1.807) is 31.4 Å². The molecule has 0 spiro atoms. The van der Waals surface area contributed by atoms with E-state index >= 15 is 0 Å². The minimum absolute atomic E-state index is 0.168. The average molecular weight is 609 g/mol. The first-order valence-corrected chi connectivity index (χ1v) is 16.5. The Morgan fingerprint density at radius 2 is 1.81 bits per heavy atom. The van der Waals surface area contributed by atoms with E-state index in [9.17, 15) is 22.8 Å². The number of nitrogens with zero attached hydrogens (tertiary/aromatic N) is 4. The van der Waals surface area contributed by atoms with Gasteiger partial charge in [-0.1, -0.05) is 55.5 Å². The molecule has 6 rings (SSSR count). The van der Waals surface area contributed by atoms with Crippen LogP contribution in [-0.4, -0.2) is 43.6 Å². The van der Waals surface area contributed by atoms with E-state index in [-0.39, 0.29) is 18.0 Å². The van der Waals surface area contributed by atoms with Crippen molar-refractivity contribution in [2.45, 2.75) is 44.7 Å². The van der Waals surface area contributed by atoms with Gasteiger partial charge in [-0.25, -0.2) is 4.98 Å². The van der Waals surface area contributed by atoms with Gasteiger partial charge in [0.15, 0.2) is 0 Å². The molecule has 2 heterocycles. The lowest BCUT2D eigenvalue weighted by atomic mass is 10.0. The molecule has 1 aliphatic carbocycles. The lowest BCUT2D eigenvalue weighted by Gasteiger charge is -2.17. The van der Waals surface area contributed by atoms with Crippen molar-refractivity contribution < 1.29 is 27.6 Å². The number of ether oxygens (including phenoxy) is 1. The third-order valence-corrected chi connectivity index (χ3v) is 10.7. The number of aliphatic hydroxyl groups excluding tert-OH is 1. The number of imidazole rings is 1. The predicted octanol–water partition coefficient (Wildman–Crippen LogP) is 7.25. The van der Waals surface area contributed by atoms with E-state index in [2.05, 4.69) is 9.84 Å². The summed E-state index contributed by atoms with van der Waals surface area (Å²) in [4.78, 5) is 4.94. The molecule has 1 saturated carbocycles. The highest BCUT2D eigenvalue weighted by atomic mass is 31.2. The molecule has 11 heteroatoms. The molecule has 1 aliphatic rings. The van der Waals surface area contributed by atoms with Gasteiger partial charge >= 0.3 is 6.36 Å². The fourth-order valence-corrected chi connectivity index (χ4v) is 6.65. The number of fused-ring (bicyclic) bond motifs is 1. The smallest absolute Gasteiger partial charge is 0.405 e. The number of aromatic nitrogens is 4. The summed E-state index contributed by atoms with van der Waals surface area (Å²) in [6.07, 6.45) is -1.59.